The maximum atomic E-state index is 14.9. The molecule has 1 aliphatic rings. The van der Waals surface area contributed by atoms with Gasteiger partial charge in [-0.25, -0.2) is 9.37 Å². The van der Waals surface area contributed by atoms with E-state index in [1.807, 2.05) is 18.2 Å². The second-order valence-electron chi connectivity index (χ2n) is 9.54. The van der Waals surface area contributed by atoms with E-state index in [4.69, 9.17) is 11.6 Å². The zero-order valence-corrected chi connectivity index (χ0v) is 24.9. The maximum Gasteiger partial charge on any atom is 0.273 e. The lowest BCUT2D eigenvalue weighted by atomic mass is 10.2. The molecule has 3 aromatic carbocycles. The Balaban J connectivity index is 1.13. The highest BCUT2D eigenvalue weighted by Gasteiger charge is 2.25. The van der Waals surface area contributed by atoms with E-state index < -0.39 is 10.7 Å². The molecule has 14 heteroatoms. The molecule has 2 aromatic heterocycles. The number of thioether (sulfide) groups is 1. The van der Waals surface area contributed by atoms with E-state index in [9.17, 15) is 19.3 Å². The summed E-state index contributed by atoms with van der Waals surface area (Å²) >= 11 is 9.16. The number of nitro benzene ring substituents is 1. The summed E-state index contributed by atoms with van der Waals surface area (Å²) in [5.74, 6) is 0.252. The van der Waals surface area contributed by atoms with Crippen LogP contribution in [-0.4, -0.2) is 61.7 Å². The number of nitro groups is 1. The van der Waals surface area contributed by atoms with Gasteiger partial charge in [0.1, 0.15) is 16.5 Å². The van der Waals surface area contributed by atoms with Crippen molar-refractivity contribution in [2.45, 2.75) is 10.9 Å². The number of anilines is 1. The van der Waals surface area contributed by atoms with Crippen molar-refractivity contribution < 1.29 is 14.1 Å². The van der Waals surface area contributed by atoms with Crippen molar-refractivity contribution in [2.75, 3.05) is 31.1 Å². The van der Waals surface area contributed by atoms with Crippen molar-refractivity contribution >= 4 is 52.0 Å². The molecule has 0 N–H and O–H groups in total. The fourth-order valence-electron chi connectivity index (χ4n) is 4.75. The van der Waals surface area contributed by atoms with Crippen molar-refractivity contribution in [3.63, 3.8) is 0 Å². The third-order valence-corrected chi connectivity index (χ3v) is 9.23. The fourth-order valence-corrected chi connectivity index (χ4v) is 6.70. The highest BCUT2D eigenvalue weighted by Crippen LogP contribution is 2.34. The summed E-state index contributed by atoms with van der Waals surface area (Å²) in [5.41, 5.74) is 2.22. The van der Waals surface area contributed by atoms with Crippen LogP contribution in [-0.2, 0) is 5.75 Å². The number of thiazole rings is 1. The number of halogens is 2. The van der Waals surface area contributed by atoms with Gasteiger partial charge in [-0.05, 0) is 36.4 Å². The lowest BCUT2D eigenvalue weighted by Gasteiger charge is -2.35. The van der Waals surface area contributed by atoms with Crippen LogP contribution in [0.3, 0.4) is 0 Å². The summed E-state index contributed by atoms with van der Waals surface area (Å²) in [7, 11) is 0. The van der Waals surface area contributed by atoms with Crippen LogP contribution < -0.4 is 4.90 Å². The molecule has 43 heavy (non-hydrogen) atoms. The van der Waals surface area contributed by atoms with E-state index in [0.717, 1.165) is 10.7 Å². The number of para-hydroxylation sites is 1. The zero-order chi connectivity index (χ0) is 29.9. The molecule has 1 aliphatic heterocycles. The first-order valence-electron chi connectivity index (χ1n) is 13.2. The Morgan fingerprint density at radius 1 is 1.00 bits per heavy atom. The number of aromatic nitrogens is 4. The van der Waals surface area contributed by atoms with Crippen LogP contribution in [0.15, 0.2) is 83.3 Å². The SMILES string of the molecule is O=C(c1csc(CSc2nnc(-c3ccccc3Cl)n2-c2ccccc2F)n1)N1CCN(c2ccc([N+](=O)[O-])cc2)CC1. The van der Waals surface area contributed by atoms with Crippen molar-refractivity contribution in [1.82, 2.24) is 24.6 Å². The Morgan fingerprint density at radius 2 is 1.72 bits per heavy atom. The third-order valence-electron chi connectivity index (χ3n) is 6.93. The third kappa shape index (κ3) is 6.10. The average Bonchev–Trinajstić information content (AvgIpc) is 3.68. The number of nitrogens with zero attached hydrogens (tertiary/aromatic N) is 7. The molecule has 0 spiro atoms. The first kappa shape index (κ1) is 28.8. The molecule has 1 amide bonds. The minimum absolute atomic E-state index is 0.0450. The molecule has 1 saturated heterocycles. The van der Waals surface area contributed by atoms with Crippen LogP contribution in [0.4, 0.5) is 15.8 Å². The van der Waals surface area contributed by atoms with Gasteiger partial charge in [0.15, 0.2) is 11.0 Å². The van der Waals surface area contributed by atoms with E-state index in [2.05, 4.69) is 20.1 Å². The molecule has 6 rings (SSSR count). The second-order valence-corrected chi connectivity index (χ2v) is 11.8. The number of non-ortho nitro benzene ring substituents is 1. The number of hydrogen-bond acceptors (Lipinski definition) is 9. The molecule has 0 unspecified atom stereocenters. The van der Waals surface area contributed by atoms with Gasteiger partial charge in [0.05, 0.1) is 21.4 Å². The van der Waals surface area contributed by atoms with Gasteiger partial charge in [0, 0.05) is 54.9 Å². The lowest BCUT2D eigenvalue weighted by Crippen LogP contribution is -2.48. The van der Waals surface area contributed by atoms with Gasteiger partial charge in [0.2, 0.25) is 0 Å². The van der Waals surface area contributed by atoms with Crippen molar-refractivity contribution in [3.8, 4) is 17.1 Å². The number of piperazine rings is 1. The van der Waals surface area contributed by atoms with Crippen LogP contribution in [0.25, 0.3) is 17.1 Å². The Hall–Kier alpha value is -4.33. The smallest absolute Gasteiger partial charge is 0.273 e. The van der Waals surface area contributed by atoms with Crippen LogP contribution >= 0.6 is 34.7 Å². The Kier molecular flexibility index (Phi) is 8.36. The van der Waals surface area contributed by atoms with E-state index in [-0.39, 0.29) is 11.6 Å². The Morgan fingerprint density at radius 3 is 2.44 bits per heavy atom. The first-order chi connectivity index (χ1) is 20.9. The average molecular weight is 636 g/mol. The van der Waals surface area contributed by atoms with E-state index in [1.165, 1.54) is 41.3 Å². The highest BCUT2D eigenvalue weighted by atomic mass is 35.5. The standard InChI is InChI=1S/C29H23ClFN7O3S2/c30-22-6-2-1-5-21(22)27-33-34-29(37(27)25-8-4-3-7-23(25)31)43-18-26-32-24(17-42-26)28(39)36-15-13-35(14-16-36)19-9-11-20(12-10-19)38(40)41/h1-12,17H,13-16,18H2. The van der Waals surface area contributed by atoms with Gasteiger partial charge in [-0.15, -0.1) is 21.5 Å². The van der Waals surface area contributed by atoms with Crippen molar-refractivity contribution in [2.24, 2.45) is 0 Å². The molecule has 1 fully saturated rings. The molecule has 0 atom stereocenters. The summed E-state index contributed by atoms with van der Waals surface area (Å²) < 4.78 is 16.6. The Bertz CT molecular complexity index is 1790. The van der Waals surface area contributed by atoms with Crippen molar-refractivity contribution in [1.29, 1.82) is 0 Å². The van der Waals surface area contributed by atoms with Gasteiger partial charge < -0.3 is 9.80 Å². The first-order valence-corrected chi connectivity index (χ1v) is 15.4. The number of rotatable bonds is 8. The van der Waals surface area contributed by atoms with Crippen molar-refractivity contribution in [3.05, 3.63) is 110 Å². The molecule has 0 bridgehead atoms. The number of benzene rings is 3. The number of hydrogen-bond donors (Lipinski definition) is 0. The minimum atomic E-state index is -0.424. The summed E-state index contributed by atoms with van der Waals surface area (Å²) in [5, 5.41) is 23.0. The van der Waals surface area contributed by atoms with E-state index >= 15 is 0 Å². The normalized spacial score (nSPS) is 13.3. The molecule has 10 nitrogen and oxygen atoms in total. The minimum Gasteiger partial charge on any atom is -0.368 e. The summed E-state index contributed by atoms with van der Waals surface area (Å²) in [4.78, 5) is 32.1. The lowest BCUT2D eigenvalue weighted by molar-refractivity contribution is -0.384. The molecular formula is C29H23ClFN7O3S2. The molecule has 0 radical (unpaired) electrons. The molecule has 0 aliphatic carbocycles. The van der Waals surface area contributed by atoms with Crippen LogP contribution in [0, 0.1) is 15.9 Å². The summed E-state index contributed by atoms with van der Waals surface area (Å²) in [6.07, 6.45) is 0. The largest absolute Gasteiger partial charge is 0.368 e. The molecular weight excluding hydrogens is 613 g/mol. The predicted molar refractivity (Wildman–Crippen MR) is 165 cm³/mol. The quantitative estimate of drug-likeness (QED) is 0.110. The van der Waals surface area contributed by atoms with Gasteiger partial charge in [-0.3, -0.25) is 19.5 Å². The highest BCUT2D eigenvalue weighted by molar-refractivity contribution is 7.98. The summed E-state index contributed by atoms with van der Waals surface area (Å²) in [6, 6.07) is 20.0. The summed E-state index contributed by atoms with van der Waals surface area (Å²) in [6.45, 7) is 2.23. The van der Waals surface area contributed by atoms with E-state index in [1.54, 1.807) is 51.2 Å². The maximum absolute atomic E-state index is 14.9. The molecule has 218 valence electrons. The van der Waals surface area contributed by atoms with Crippen LogP contribution in [0.5, 0.6) is 0 Å². The zero-order valence-electron chi connectivity index (χ0n) is 22.5. The van der Waals surface area contributed by atoms with E-state index in [0.29, 0.717) is 64.9 Å². The van der Waals surface area contributed by atoms with Crippen LogP contribution in [0.1, 0.15) is 15.5 Å². The fraction of sp³-hybridized carbons (Fsp3) is 0.172. The van der Waals surface area contributed by atoms with Gasteiger partial charge in [-0.1, -0.05) is 47.6 Å². The number of carbonyl (C=O) groups is 1. The van der Waals surface area contributed by atoms with Crippen LogP contribution in [0.2, 0.25) is 5.02 Å². The number of amides is 1. The molecule has 5 aromatic rings. The van der Waals surface area contributed by atoms with Gasteiger partial charge in [0.25, 0.3) is 11.6 Å². The molecule has 0 saturated carbocycles. The Labute approximate surface area is 258 Å². The van der Waals surface area contributed by atoms with Gasteiger partial charge >= 0.3 is 0 Å². The monoisotopic (exact) mass is 635 g/mol. The number of carbonyl (C=O) groups excluding carboxylic acids is 1. The van der Waals surface area contributed by atoms with Gasteiger partial charge in [-0.2, -0.15) is 0 Å². The second kappa shape index (κ2) is 12.5. The predicted octanol–water partition coefficient (Wildman–Crippen LogP) is 6.35. The molecule has 3 heterocycles. The topological polar surface area (TPSA) is 110 Å².